The van der Waals surface area contributed by atoms with Gasteiger partial charge in [0.05, 0.1) is 18.4 Å². The molecule has 0 saturated carbocycles. The molecule has 0 radical (unpaired) electrons. The van der Waals surface area contributed by atoms with Crippen molar-refractivity contribution in [1.29, 1.82) is 0 Å². The highest BCUT2D eigenvalue weighted by Gasteiger charge is 2.16. The number of halogens is 1. The molecular weight excluding hydrogens is 260 g/mol. The summed E-state index contributed by atoms with van der Waals surface area (Å²) in [6, 6.07) is 4.37. The molecule has 3 N–H and O–H groups in total. The van der Waals surface area contributed by atoms with Gasteiger partial charge in [-0.15, -0.1) is 0 Å². The van der Waals surface area contributed by atoms with E-state index in [9.17, 15) is 19.5 Å². The third-order valence-electron chi connectivity index (χ3n) is 2.10. The fourth-order valence-corrected chi connectivity index (χ4v) is 1.36. The van der Waals surface area contributed by atoms with Crippen LogP contribution >= 0.6 is 11.6 Å². The van der Waals surface area contributed by atoms with Crippen molar-refractivity contribution < 1.29 is 19.5 Å². The smallest absolute Gasteiger partial charge is 0.251 e. The Morgan fingerprint density at radius 3 is 2.28 bits per heavy atom. The van der Waals surface area contributed by atoms with Gasteiger partial charge in [-0.2, -0.15) is 0 Å². The number of rotatable bonds is 5. The fourth-order valence-electron chi connectivity index (χ4n) is 1.24. The first-order valence-corrected chi connectivity index (χ1v) is 5.33. The van der Waals surface area contributed by atoms with Gasteiger partial charge in [0.15, 0.2) is 0 Å². The molecule has 0 aliphatic rings. The van der Waals surface area contributed by atoms with Crippen LogP contribution in [0.25, 0.3) is 0 Å². The standard InChI is InChI=1S/C11H11ClN2O4/c12-7-3-1-6(2-4-7)10(16)14-8(11(17)18)5-9(13)15/h1-4,8H,5H2,(H2,13,15)(H,14,16)(H,17,18)/p-1/t8-/m0/s1. The number of nitrogens with one attached hydrogen (secondary N) is 1. The maximum absolute atomic E-state index is 11.7. The first-order valence-electron chi connectivity index (χ1n) is 4.95. The van der Waals surface area contributed by atoms with Crippen molar-refractivity contribution in [2.24, 2.45) is 5.73 Å². The number of carbonyl (C=O) groups excluding carboxylic acids is 3. The third kappa shape index (κ3) is 4.06. The third-order valence-corrected chi connectivity index (χ3v) is 2.35. The van der Waals surface area contributed by atoms with Crippen molar-refractivity contribution in [3.63, 3.8) is 0 Å². The highest BCUT2D eigenvalue weighted by atomic mass is 35.5. The van der Waals surface area contributed by atoms with Gasteiger partial charge in [-0.25, -0.2) is 0 Å². The van der Waals surface area contributed by atoms with E-state index in [-0.39, 0.29) is 5.56 Å². The van der Waals surface area contributed by atoms with Gasteiger partial charge >= 0.3 is 0 Å². The van der Waals surface area contributed by atoms with Crippen LogP contribution in [0, 0.1) is 0 Å². The fraction of sp³-hybridized carbons (Fsp3) is 0.182. The summed E-state index contributed by atoms with van der Waals surface area (Å²) in [6.07, 6.45) is -0.526. The summed E-state index contributed by atoms with van der Waals surface area (Å²) in [5, 5.41) is 13.3. The molecule has 0 spiro atoms. The Labute approximate surface area is 108 Å². The zero-order chi connectivity index (χ0) is 13.7. The summed E-state index contributed by atoms with van der Waals surface area (Å²) in [5.74, 6) is -3.07. The minimum atomic E-state index is -1.57. The van der Waals surface area contributed by atoms with Crippen LogP contribution in [0.15, 0.2) is 24.3 Å². The van der Waals surface area contributed by atoms with Gasteiger partial charge in [-0.3, -0.25) is 9.59 Å². The zero-order valence-corrected chi connectivity index (χ0v) is 9.94. The van der Waals surface area contributed by atoms with Crippen molar-refractivity contribution in [2.75, 3.05) is 0 Å². The van der Waals surface area contributed by atoms with Crippen LogP contribution in [0.2, 0.25) is 5.02 Å². The second kappa shape index (κ2) is 6.02. The number of hydrogen-bond donors (Lipinski definition) is 2. The topological polar surface area (TPSA) is 112 Å². The van der Waals surface area contributed by atoms with E-state index >= 15 is 0 Å². The van der Waals surface area contributed by atoms with Gasteiger partial charge in [0.1, 0.15) is 0 Å². The molecule has 0 bridgehead atoms. The van der Waals surface area contributed by atoms with E-state index in [1.165, 1.54) is 24.3 Å². The Morgan fingerprint density at radius 1 is 1.28 bits per heavy atom. The lowest BCUT2D eigenvalue weighted by Crippen LogP contribution is -2.49. The highest BCUT2D eigenvalue weighted by Crippen LogP contribution is 2.09. The molecule has 0 fully saturated rings. The monoisotopic (exact) mass is 269 g/mol. The van der Waals surface area contributed by atoms with E-state index in [4.69, 9.17) is 17.3 Å². The molecule has 1 rings (SSSR count). The number of carbonyl (C=O) groups is 3. The van der Waals surface area contributed by atoms with Gasteiger partial charge in [-0.1, -0.05) is 11.6 Å². The predicted octanol–water partition coefficient (Wildman–Crippen LogP) is -0.936. The molecule has 0 heterocycles. The van der Waals surface area contributed by atoms with Gasteiger partial charge in [0.25, 0.3) is 5.91 Å². The Balaban J connectivity index is 2.75. The SMILES string of the molecule is NC(=O)C[C@H](NC(=O)c1ccc(Cl)cc1)C(=O)[O-]. The van der Waals surface area contributed by atoms with Crippen molar-refractivity contribution in [3.05, 3.63) is 34.9 Å². The average Bonchev–Trinajstić information content (AvgIpc) is 2.28. The van der Waals surface area contributed by atoms with Crippen LogP contribution in [0.5, 0.6) is 0 Å². The number of amides is 2. The first-order chi connectivity index (χ1) is 8.40. The quantitative estimate of drug-likeness (QED) is 0.718. The summed E-state index contributed by atoms with van der Waals surface area (Å²) in [4.78, 5) is 33.0. The minimum Gasteiger partial charge on any atom is -0.548 e. The van der Waals surface area contributed by atoms with E-state index in [2.05, 4.69) is 5.32 Å². The molecule has 0 saturated heterocycles. The minimum absolute atomic E-state index is 0.218. The van der Waals surface area contributed by atoms with E-state index in [0.29, 0.717) is 5.02 Å². The predicted molar refractivity (Wildman–Crippen MR) is 61.5 cm³/mol. The van der Waals surface area contributed by atoms with Crippen LogP contribution in [-0.4, -0.2) is 23.8 Å². The van der Waals surface area contributed by atoms with Gasteiger partial charge in [0, 0.05) is 10.6 Å². The van der Waals surface area contributed by atoms with Gasteiger partial charge in [-0.05, 0) is 24.3 Å². The number of nitrogens with two attached hydrogens (primary N) is 1. The number of carboxylic acid groups (broad SMARTS) is 1. The number of benzene rings is 1. The maximum atomic E-state index is 11.7. The second-order valence-corrected chi connectivity index (χ2v) is 3.96. The molecule has 1 aromatic rings. The van der Waals surface area contributed by atoms with E-state index in [0.717, 1.165) is 0 Å². The molecule has 0 aromatic heterocycles. The summed E-state index contributed by atoms with van der Waals surface area (Å²) < 4.78 is 0. The lowest BCUT2D eigenvalue weighted by Gasteiger charge is -2.18. The number of carboxylic acids is 1. The average molecular weight is 270 g/mol. The lowest BCUT2D eigenvalue weighted by molar-refractivity contribution is -0.308. The van der Waals surface area contributed by atoms with Crippen LogP contribution in [-0.2, 0) is 9.59 Å². The summed E-state index contributed by atoms with van der Waals surface area (Å²) in [7, 11) is 0. The summed E-state index contributed by atoms with van der Waals surface area (Å²) in [5.41, 5.74) is 5.08. The molecule has 0 aliphatic carbocycles. The number of aliphatic carboxylic acids is 1. The van der Waals surface area contributed by atoms with E-state index in [1.54, 1.807) is 0 Å². The molecular formula is C11H10ClN2O4-. The summed E-state index contributed by atoms with van der Waals surface area (Å²) >= 11 is 5.64. The van der Waals surface area contributed by atoms with Crippen molar-refractivity contribution in [1.82, 2.24) is 5.32 Å². The van der Waals surface area contributed by atoms with Gasteiger partial charge in [0.2, 0.25) is 5.91 Å². The Hall–Kier alpha value is -2.08. The van der Waals surface area contributed by atoms with E-state index in [1.807, 2.05) is 0 Å². The lowest BCUT2D eigenvalue weighted by atomic mass is 10.1. The van der Waals surface area contributed by atoms with Crippen LogP contribution in [0.4, 0.5) is 0 Å². The Bertz CT molecular complexity index is 472. The number of hydrogen-bond acceptors (Lipinski definition) is 4. The maximum Gasteiger partial charge on any atom is 0.251 e. The molecule has 1 aromatic carbocycles. The first kappa shape index (κ1) is 14.0. The number of primary amides is 1. The molecule has 7 heteroatoms. The second-order valence-electron chi connectivity index (χ2n) is 3.52. The molecule has 6 nitrogen and oxygen atoms in total. The van der Waals surface area contributed by atoms with Crippen LogP contribution in [0.1, 0.15) is 16.8 Å². The molecule has 96 valence electrons. The summed E-state index contributed by atoms with van der Waals surface area (Å²) in [6.45, 7) is 0. The van der Waals surface area contributed by atoms with Crippen molar-refractivity contribution in [3.8, 4) is 0 Å². The zero-order valence-electron chi connectivity index (χ0n) is 9.18. The Kier molecular flexibility index (Phi) is 4.67. The van der Waals surface area contributed by atoms with Gasteiger partial charge < -0.3 is 21.0 Å². The van der Waals surface area contributed by atoms with Crippen LogP contribution < -0.4 is 16.2 Å². The highest BCUT2D eigenvalue weighted by molar-refractivity contribution is 6.30. The van der Waals surface area contributed by atoms with Crippen LogP contribution in [0.3, 0.4) is 0 Å². The molecule has 0 aliphatic heterocycles. The molecule has 18 heavy (non-hydrogen) atoms. The van der Waals surface area contributed by atoms with Crippen molar-refractivity contribution >= 4 is 29.4 Å². The normalized spacial score (nSPS) is 11.6. The van der Waals surface area contributed by atoms with Crippen molar-refractivity contribution in [2.45, 2.75) is 12.5 Å². The van der Waals surface area contributed by atoms with E-state index < -0.39 is 30.2 Å². The molecule has 1 atom stereocenters. The largest absolute Gasteiger partial charge is 0.548 e. The molecule has 0 unspecified atom stereocenters. The molecule has 2 amide bonds. The Morgan fingerprint density at radius 2 is 1.83 bits per heavy atom.